The van der Waals surface area contributed by atoms with Crippen molar-refractivity contribution in [2.45, 2.75) is 38.6 Å². The normalized spacial score (nSPS) is 15.8. The number of carbonyl (C=O) groups is 1. The van der Waals surface area contributed by atoms with Crippen molar-refractivity contribution in [3.05, 3.63) is 23.2 Å². The first-order valence-electron chi connectivity index (χ1n) is 7.19. The number of benzene rings is 1. The van der Waals surface area contributed by atoms with Gasteiger partial charge in [0, 0.05) is 11.7 Å². The van der Waals surface area contributed by atoms with Gasteiger partial charge in [0.25, 0.3) is 0 Å². The fourth-order valence-electron chi connectivity index (χ4n) is 2.78. The third-order valence-corrected chi connectivity index (χ3v) is 4.19. The van der Waals surface area contributed by atoms with E-state index in [1.165, 1.54) is 25.7 Å². The Bertz CT molecular complexity index is 472. The Balaban J connectivity index is 1.95. The Morgan fingerprint density at radius 2 is 2.15 bits per heavy atom. The van der Waals surface area contributed by atoms with Crippen molar-refractivity contribution in [3.63, 3.8) is 0 Å². The van der Waals surface area contributed by atoms with E-state index in [2.05, 4.69) is 17.1 Å². The van der Waals surface area contributed by atoms with Crippen molar-refractivity contribution >= 4 is 28.9 Å². The van der Waals surface area contributed by atoms with Crippen molar-refractivity contribution < 1.29 is 4.79 Å². The third kappa shape index (κ3) is 3.87. The molecule has 1 amide bonds. The van der Waals surface area contributed by atoms with Gasteiger partial charge in [-0.05, 0) is 37.6 Å². The highest BCUT2D eigenvalue weighted by atomic mass is 35.5. The number of amides is 1. The summed E-state index contributed by atoms with van der Waals surface area (Å²) in [6.07, 6.45) is 4.92. The molecule has 0 bridgehead atoms. The van der Waals surface area contributed by atoms with Crippen molar-refractivity contribution in [2.75, 3.05) is 24.1 Å². The molecule has 0 aliphatic heterocycles. The van der Waals surface area contributed by atoms with E-state index >= 15 is 0 Å². The zero-order valence-corrected chi connectivity index (χ0v) is 12.6. The number of nitrogens with one attached hydrogen (secondary N) is 1. The quantitative estimate of drug-likeness (QED) is 0.821. The van der Waals surface area contributed by atoms with E-state index in [9.17, 15) is 4.79 Å². The van der Waals surface area contributed by atoms with Crippen LogP contribution in [0, 0.1) is 0 Å². The van der Waals surface area contributed by atoms with Gasteiger partial charge in [-0.2, -0.15) is 0 Å². The van der Waals surface area contributed by atoms with E-state index in [1.54, 1.807) is 18.2 Å². The number of rotatable bonds is 5. The number of nitrogens with zero attached hydrogens (tertiary/aromatic N) is 1. The number of carbonyl (C=O) groups excluding carboxylic acids is 1. The molecule has 1 fully saturated rings. The van der Waals surface area contributed by atoms with Gasteiger partial charge in [-0.1, -0.05) is 31.4 Å². The number of halogens is 1. The molecular formula is C15H22ClN3O. The molecule has 1 aliphatic rings. The second kappa shape index (κ2) is 6.95. The molecule has 1 aliphatic carbocycles. The smallest absolute Gasteiger partial charge is 0.238 e. The molecular weight excluding hydrogens is 274 g/mol. The van der Waals surface area contributed by atoms with Crippen LogP contribution in [-0.2, 0) is 4.79 Å². The maximum absolute atomic E-state index is 12.1. The average Bonchev–Trinajstić information content (AvgIpc) is 2.94. The summed E-state index contributed by atoms with van der Waals surface area (Å²) in [4.78, 5) is 14.4. The lowest BCUT2D eigenvalue weighted by Gasteiger charge is -2.26. The molecule has 1 aromatic carbocycles. The topological polar surface area (TPSA) is 58.4 Å². The fourth-order valence-corrected chi connectivity index (χ4v) is 2.95. The fraction of sp³-hybridized carbons (Fsp3) is 0.533. The van der Waals surface area contributed by atoms with Gasteiger partial charge in [-0.3, -0.25) is 9.69 Å². The Hall–Kier alpha value is -1.26. The monoisotopic (exact) mass is 295 g/mol. The predicted octanol–water partition coefficient (Wildman–Crippen LogP) is 3.13. The molecule has 0 heterocycles. The lowest BCUT2D eigenvalue weighted by molar-refractivity contribution is -0.117. The molecule has 110 valence electrons. The van der Waals surface area contributed by atoms with Crippen LogP contribution in [0.25, 0.3) is 0 Å². The highest BCUT2D eigenvalue weighted by molar-refractivity contribution is 6.33. The standard InChI is InChI=1S/C15H22ClN3O/c1-2-19(12-5-3-4-6-12)10-15(20)18-14-9-11(17)7-8-13(14)16/h7-9,12H,2-6,10,17H2,1H3,(H,18,20). The summed E-state index contributed by atoms with van der Waals surface area (Å²) in [6, 6.07) is 5.64. The van der Waals surface area contributed by atoms with Crippen molar-refractivity contribution in [1.29, 1.82) is 0 Å². The minimum atomic E-state index is -0.0359. The first kappa shape index (κ1) is 15.1. The minimum absolute atomic E-state index is 0.0359. The van der Waals surface area contributed by atoms with Gasteiger partial charge >= 0.3 is 0 Å². The summed E-state index contributed by atoms with van der Waals surface area (Å²) in [5, 5.41) is 3.36. The van der Waals surface area contributed by atoms with E-state index in [0.717, 1.165) is 6.54 Å². The number of anilines is 2. The summed E-state index contributed by atoms with van der Waals surface area (Å²) in [6.45, 7) is 3.40. The number of hydrogen-bond donors (Lipinski definition) is 2. The van der Waals surface area contributed by atoms with Crippen LogP contribution in [0.1, 0.15) is 32.6 Å². The average molecular weight is 296 g/mol. The zero-order chi connectivity index (χ0) is 14.5. The van der Waals surface area contributed by atoms with E-state index in [-0.39, 0.29) is 5.91 Å². The van der Waals surface area contributed by atoms with Crippen LogP contribution in [0.5, 0.6) is 0 Å². The molecule has 0 aromatic heterocycles. The van der Waals surface area contributed by atoms with Crippen LogP contribution in [0.4, 0.5) is 11.4 Å². The summed E-state index contributed by atoms with van der Waals surface area (Å²) in [5.41, 5.74) is 6.88. The van der Waals surface area contributed by atoms with Gasteiger partial charge in [0.2, 0.25) is 5.91 Å². The SMILES string of the molecule is CCN(CC(=O)Nc1cc(N)ccc1Cl)C1CCCC1. The van der Waals surface area contributed by atoms with Gasteiger partial charge < -0.3 is 11.1 Å². The number of hydrogen-bond acceptors (Lipinski definition) is 3. The Labute approximate surface area is 125 Å². The number of nitrogen functional groups attached to an aromatic ring is 1. The molecule has 2 rings (SSSR count). The Kier molecular flexibility index (Phi) is 5.26. The molecule has 0 saturated heterocycles. The van der Waals surface area contributed by atoms with Crippen LogP contribution in [0.3, 0.4) is 0 Å². The van der Waals surface area contributed by atoms with Gasteiger partial charge in [0.1, 0.15) is 0 Å². The summed E-state index contributed by atoms with van der Waals surface area (Å²) < 4.78 is 0. The second-order valence-corrected chi connectivity index (χ2v) is 5.70. The maximum Gasteiger partial charge on any atom is 0.238 e. The molecule has 5 heteroatoms. The first-order valence-corrected chi connectivity index (χ1v) is 7.57. The van der Waals surface area contributed by atoms with Gasteiger partial charge in [0.15, 0.2) is 0 Å². The maximum atomic E-state index is 12.1. The van der Waals surface area contributed by atoms with Gasteiger partial charge in [0.05, 0.1) is 17.3 Å². The molecule has 0 atom stereocenters. The van der Waals surface area contributed by atoms with Crippen molar-refractivity contribution in [3.8, 4) is 0 Å². The molecule has 0 radical (unpaired) electrons. The summed E-state index contributed by atoms with van der Waals surface area (Å²) in [7, 11) is 0. The molecule has 20 heavy (non-hydrogen) atoms. The highest BCUT2D eigenvalue weighted by Crippen LogP contribution is 2.25. The molecule has 0 unspecified atom stereocenters. The van der Waals surface area contributed by atoms with E-state index in [0.29, 0.717) is 29.0 Å². The number of likely N-dealkylation sites (N-methyl/N-ethyl adjacent to an activating group) is 1. The molecule has 1 saturated carbocycles. The van der Waals surface area contributed by atoms with Gasteiger partial charge in [-0.25, -0.2) is 0 Å². The van der Waals surface area contributed by atoms with Crippen molar-refractivity contribution in [1.82, 2.24) is 4.90 Å². The van der Waals surface area contributed by atoms with Crippen LogP contribution in [0.15, 0.2) is 18.2 Å². The van der Waals surface area contributed by atoms with E-state index in [1.807, 2.05) is 0 Å². The van der Waals surface area contributed by atoms with Crippen molar-refractivity contribution in [2.24, 2.45) is 0 Å². The Morgan fingerprint density at radius 1 is 1.45 bits per heavy atom. The lowest BCUT2D eigenvalue weighted by Crippen LogP contribution is -2.39. The van der Waals surface area contributed by atoms with E-state index < -0.39 is 0 Å². The molecule has 0 spiro atoms. The molecule has 3 N–H and O–H groups in total. The largest absolute Gasteiger partial charge is 0.399 e. The van der Waals surface area contributed by atoms with E-state index in [4.69, 9.17) is 17.3 Å². The predicted molar refractivity (Wildman–Crippen MR) is 84.0 cm³/mol. The minimum Gasteiger partial charge on any atom is -0.399 e. The summed E-state index contributed by atoms with van der Waals surface area (Å²) in [5.74, 6) is -0.0359. The molecule has 1 aromatic rings. The Morgan fingerprint density at radius 3 is 2.80 bits per heavy atom. The highest BCUT2D eigenvalue weighted by Gasteiger charge is 2.23. The van der Waals surface area contributed by atoms with Crippen LogP contribution in [-0.4, -0.2) is 29.9 Å². The van der Waals surface area contributed by atoms with Gasteiger partial charge in [-0.15, -0.1) is 0 Å². The van der Waals surface area contributed by atoms with Crippen LogP contribution < -0.4 is 11.1 Å². The second-order valence-electron chi connectivity index (χ2n) is 5.29. The summed E-state index contributed by atoms with van der Waals surface area (Å²) >= 11 is 6.05. The lowest BCUT2D eigenvalue weighted by atomic mass is 10.2. The molecule has 4 nitrogen and oxygen atoms in total. The van der Waals surface area contributed by atoms with Crippen LogP contribution >= 0.6 is 11.6 Å². The zero-order valence-electron chi connectivity index (χ0n) is 11.9. The van der Waals surface area contributed by atoms with Crippen LogP contribution in [0.2, 0.25) is 5.02 Å². The number of nitrogens with two attached hydrogens (primary N) is 1. The first-order chi connectivity index (χ1) is 9.60. The third-order valence-electron chi connectivity index (χ3n) is 3.86.